The van der Waals surface area contributed by atoms with Gasteiger partial charge in [0.15, 0.2) is 0 Å². The third-order valence-electron chi connectivity index (χ3n) is 22.8. The first-order chi connectivity index (χ1) is 59.6. The minimum atomic E-state index is -0.455. The Kier molecular flexibility index (Phi) is 24.7. The Morgan fingerprint density at radius 3 is 1.08 bits per heavy atom. The van der Waals surface area contributed by atoms with Gasteiger partial charge in [-0.2, -0.15) is 5.26 Å². The Bertz CT molecular complexity index is 6440. The molecule has 4 aliphatic rings. The van der Waals surface area contributed by atoms with Gasteiger partial charge in [-0.3, -0.25) is 14.7 Å². The lowest BCUT2D eigenvalue weighted by molar-refractivity contribution is 0.134. The third-order valence-corrected chi connectivity index (χ3v) is 25.0. The summed E-state index contributed by atoms with van der Waals surface area (Å²) < 4.78 is 18.1. The fraction of sp³-hybridized carbons (Fsp3) is 0.163. The number of H-pyrrole nitrogens is 4. The first-order valence-electron chi connectivity index (χ1n) is 40.0. The second-order valence-electron chi connectivity index (χ2n) is 30.7. The van der Waals surface area contributed by atoms with Crippen LogP contribution in [0.25, 0.3) is 43.6 Å². The molecule has 0 spiro atoms. The van der Waals surface area contributed by atoms with Crippen molar-refractivity contribution in [1.82, 2.24) is 44.6 Å². The number of fused-ring (bicyclic) bond motifs is 12. The van der Waals surface area contributed by atoms with E-state index in [9.17, 15) is 19.6 Å². The molecule has 16 aromatic rings. The van der Waals surface area contributed by atoms with Crippen molar-refractivity contribution < 1.29 is 28.6 Å². The van der Waals surface area contributed by atoms with Crippen molar-refractivity contribution >= 4 is 165 Å². The number of amides is 3. The molecule has 5 aromatic heterocycles. The molecule has 0 saturated heterocycles. The van der Waals surface area contributed by atoms with Gasteiger partial charge in [0.2, 0.25) is 5.95 Å². The molecule has 11 aromatic carbocycles. The van der Waals surface area contributed by atoms with Crippen molar-refractivity contribution in [2.24, 2.45) is 0 Å². The first kappa shape index (κ1) is 83.5. The lowest BCUT2D eigenvalue weighted by Gasteiger charge is -2.36. The predicted octanol–water partition coefficient (Wildman–Crippen LogP) is 26.7. The van der Waals surface area contributed by atoms with Gasteiger partial charge in [0.05, 0.1) is 17.7 Å². The summed E-state index contributed by atoms with van der Waals surface area (Å²) in [6, 6.07) is 79.2. The quantitative estimate of drug-likeness (QED) is 0.108. The standard InChI is InChI=1S/C25H20BrClN2O2.C25H17Cl2N3O2.C24H17Cl3N2O2.C24H23ClN4/c1-15-2-4-16(5-3-15)24-23-20(21-14-17(26)6-11-22(21)28-23)12-13-29(24)25(30)31-19-9-7-18(27)8-10-19;26-17-5-8-19(9-6-17)32-25(31)30-12-11-20-21-13-18(27)7-10-22(21)29-23(20)24(30)16-3-1-15(14-28)2-4-16;25-15-3-1-14(2-4-15)23-22-19(20-13-17(27)7-10-21(20)28-22)11-12-29(23)24(30)31-18-8-5-16(26)6-9-18;1-15(2)16-4-6-17(7-5-16)23-22-19(20-14-18(25)8-9-21(20)28-22)10-13-29(23)24-26-11-3-12-27-24/h2-11,14,24,28H,12-13H2,1H3;1-10,13,24,29H,11-12H2;1-10,13,23,28H,11-12H2;3-9,11-12,14-15,23,28H,10,13H2,1-2H3. The normalized spacial score (nSPS) is 15.8. The zero-order valence-corrected chi connectivity index (χ0v) is 73.4. The molecule has 0 fully saturated rings. The molecule has 17 nitrogen and oxygen atoms in total. The average molecular weight is 1830 g/mol. The predicted molar refractivity (Wildman–Crippen MR) is 494 cm³/mol. The number of halogens is 8. The Morgan fingerprint density at radius 1 is 0.398 bits per heavy atom. The molecule has 0 radical (unpaired) electrons. The molecule has 25 heteroatoms. The van der Waals surface area contributed by atoms with Crippen LogP contribution in [0.2, 0.25) is 35.2 Å². The summed E-state index contributed by atoms with van der Waals surface area (Å²) in [7, 11) is 0. The van der Waals surface area contributed by atoms with Crippen LogP contribution in [-0.2, 0) is 25.7 Å². The minimum absolute atomic E-state index is 0.0357. The van der Waals surface area contributed by atoms with E-state index >= 15 is 0 Å². The number of anilines is 1. The fourth-order valence-electron chi connectivity index (χ4n) is 16.9. The molecule has 4 unspecified atom stereocenters. The molecule has 616 valence electrons. The van der Waals surface area contributed by atoms with E-state index in [1.165, 1.54) is 44.3 Å². The van der Waals surface area contributed by atoms with Crippen molar-refractivity contribution in [3.05, 3.63) is 385 Å². The van der Waals surface area contributed by atoms with Crippen LogP contribution >= 0.6 is 97.1 Å². The van der Waals surface area contributed by atoms with E-state index in [0.717, 1.165) is 113 Å². The highest BCUT2D eigenvalue weighted by Gasteiger charge is 2.40. The molecule has 0 saturated carbocycles. The van der Waals surface area contributed by atoms with Crippen LogP contribution in [0.5, 0.6) is 17.2 Å². The summed E-state index contributed by atoms with van der Waals surface area (Å²) >= 11 is 46.3. The first-order valence-corrected chi connectivity index (χ1v) is 43.5. The number of hydrogen-bond acceptors (Lipinski definition) is 10. The van der Waals surface area contributed by atoms with E-state index < -0.39 is 18.2 Å². The number of nitrogens with zero attached hydrogens (tertiary/aromatic N) is 7. The molecule has 4 atom stereocenters. The smallest absolute Gasteiger partial charge is 0.410 e. The zero-order valence-electron chi connectivity index (χ0n) is 66.5. The Hall–Kier alpha value is -11.7. The number of aryl methyl sites for hydroxylation is 1. The number of nitrogens with one attached hydrogen (secondary N) is 4. The van der Waals surface area contributed by atoms with E-state index in [-0.39, 0.29) is 24.2 Å². The maximum atomic E-state index is 13.2. The largest absolute Gasteiger partial charge is 0.416 e. The van der Waals surface area contributed by atoms with Gasteiger partial charge in [-0.05, 0) is 265 Å². The van der Waals surface area contributed by atoms with Crippen molar-refractivity contribution in [3.63, 3.8) is 0 Å². The van der Waals surface area contributed by atoms with Crippen molar-refractivity contribution in [2.45, 2.75) is 76.5 Å². The SMILES string of the molecule is CC(C)c1ccc(C2c3[nH]c4ccc(Cl)cc4c3CCN2c2ncccn2)cc1.Cc1ccc(C2c3[nH]c4ccc(Br)cc4c3CCN2C(=O)Oc2ccc(Cl)cc2)cc1.N#Cc1ccc(C2c3[nH]c4ccc(Cl)cc4c3CCN2C(=O)Oc2ccc(Cl)cc2)cc1.O=C(Oc1ccc(Cl)cc1)N1CCc2c([nH]c3ccc(Cl)cc23)C1c1ccc(Cl)cc1. The zero-order chi connectivity index (χ0) is 85.3. The van der Waals surface area contributed by atoms with Crippen LogP contribution in [0.1, 0.15) is 128 Å². The van der Waals surface area contributed by atoms with Gasteiger partial charge in [0.1, 0.15) is 35.4 Å². The highest BCUT2D eigenvalue weighted by molar-refractivity contribution is 9.10. The van der Waals surface area contributed by atoms with E-state index in [2.05, 4.69) is 150 Å². The number of ether oxygens (including phenoxy) is 3. The second-order valence-corrected chi connectivity index (χ2v) is 34.7. The Labute approximate surface area is 753 Å². The van der Waals surface area contributed by atoms with Gasteiger partial charge < -0.3 is 39.0 Å². The van der Waals surface area contributed by atoms with Gasteiger partial charge in [-0.1, -0.05) is 189 Å². The molecule has 4 aliphatic heterocycles. The molecule has 4 N–H and O–H groups in total. The summed E-state index contributed by atoms with van der Waals surface area (Å²) in [6.07, 6.45) is 5.39. The fourth-order valence-corrected chi connectivity index (χ4v) is 18.2. The van der Waals surface area contributed by atoms with E-state index in [4.69, 9.17) is 95.4 Å². The van der Waals surface area contributed by atoms with E-state index in [1.54, 1.807) is 99.6 Å². The molecule has 0 aliphatic carbocycles. The van der Waals surface area contributed by atoms with Crippen LogP contribution in [0.15, 0.2) is 266 Å². The highest BCUT2D eigenvalue weighted by atomic mass is 79.9. The number of benzene rings is 11. The highest BCUT2D eigenvalue weighted by Crippen LogP contribution is 2.46. The molecular weight excluding hydrogens is 1760 g/mol. The van der Waals surface area contributed by atoms with Crippen molar-refractivity contribution in [3.8, 4) is 23.3 Å². The lowest BCUT2D eigenvalue weighted by atomic mass is 9.91. The molecule has 123 heavy (non-hydrogen) atoms. The number of aromatic nitrogens is 6. The molecule has 0 bridgehead atoms. The topological polar surface area (TPSA) is 205 Å². The summed E-state index contributed by atoms with van der Waals surface area (Å²) in [5.74, 6) is 2.61. The molecular formula is C98H77BrCl7N11O6. The van der Waals surface area contributed by atoms with Crippen LogP contribution < -0.4 is 19.1 Å². The monoisotopic (exact) mass is 1830 g/mol. The summed E-state index contributed by atoms with van der Waals surface area (Å²) in [4.78, 5) is 70.5. The molecule has 3 amide bonds. The van der Waals surface area contributed by atoms with Crippen LogP contribution in [0, 0.1) is 18.3 Å². The number of nitriles is 1. The van der Waals surface area contributed by atoms with Crippen LogP contribution in [-0.4, -0.2) is 89.1 Å². The second kappa shape index (κ2) is 36.4. The van der Waals surface area contributed by atoms with Gasteiger partial charge in [0, 0.05) is 145 Å². The van der Waals surface area contributed by atoms with E-state index in [1.807, 2.05) is 103 Å². The van der Waals surface area contributed by atoms with E-state index in [0.29, 0.717) is 91.3 Å². The van der Waals surface area contributed by atoms with Crippen LogP contribution in [0.4, 0.5) is 20.3 Å². The molecule has 20 rings (SSSR count). The van der Waals surface area contributed by atoms with Gasteiger partial charge in [-0.25, -0.2) is 24.4 Å². The number of hydrogen-bond donors (Lipinski definition) is 4. The number of aromatic amines is 4. The number of rotatable bonds is 9. The Balaban J connectivity index is 0.000000116. The van der Waals surface area contributed by atoms with Crippen molar-refractivity contribution in [1.29, 1.82) is 5.26 Å². The summed E-state index contributed by atoms with van der Waals surface area (Å²) in [6.45, 7) is 8.90. The lowest BCUT2D eigenvalue weighted by Crippen LogP contribution is -2.42. The summed E-state index contributed by atoms with van der Waals surface area (Å²) in [5, 5.41) is 18.2. The molecule has 9 heterocycles. The maximum absolute atomic E-state index is 13.2. The minimum Gasteiger partial charge on any atom is -0.410 e. The van der Waals surface area contributed by atoms with Crippen LogP contribution in [0.3, 0.4) is 0 Å². The van der Waals surface area contributed by atoms with Crippen molar-refractivity contribution in [2.75, 3.05) is 31.1 Å². The van der Waals surface area contributed by atoms with Gasteiger partial charge in [0.25, 0.3) is 0 Å². The average Bonchev–Trinajstić information content (AvgIpc) is 1.65. The Morgan fingerprint density at radius 2 is 0.707 bits per heavy atom. The maximum Gasteiger partial charge on any atom is 0.416 e. The third kappa shape index (κ3) is 18.0. The van der Waals surface area contributed by atoms with Gasteiger partial charge in [-0.15, -0.1) is 0 Å². The number of carbonyl (C=O) groups is 3. The number of carbonyl (C=O) groups excluding carboxylic acids is 3. The summed E-state index contributed by atoms with van der Waals surface area (Å²) in [5.41, 5.74) is 20.3. The van der Waals surface area contributed by atoms with Gasteiger partial charge >= 0.3 is 18.3 Å².